The van der Waals surface area contributed by atoms with E-state index in [-0.39, 0.29) is 23.3 Å². The van der Waals surface area contributed by atoms with Crippen LogP contribution in [0.4, 0.5) is 0 Å². The summed E-state index contributed by atoms with van der Waals surface area (Å²) in [4.78, 5) is 30.2. The van der Waals surface area contributed by atoms with Gasteiger partial charge in [-0.1, -0.05) is 47.1 Å². The van der Waals surface area contributed by atoms with Crippen LogP contribution in [-0.2, 0) is 11.3 Å². The summed E-state index contributed by atoms with van der Waals surface area (Å²) in [6, 6.07) is 6.64. The zero-order chi connectivity index (χ0) is 20.3. The number of benzene rings is 1. The molecule has 0 bridgehead atoms. The van der Waals surface area contributed by atoms with Gasteiger partial charge in [-0.15, -0.1) is 17.9 Å². The van der Waals surface area contributed by atoms with Crippen molar-refractivity contribution in [1.82, 2.24) is 14.9 Å². The normalized spacial score (nSPS) is 12.1. The van der Waals surface area contributed by atoms with Gasteiger partial charge < -0.3 is 5.32 Å². The minimum absolute atomic E-state index is 0.121. The predicted molar refractivity (Wildman–Crippen MR) is 118 cm³/mol. The molecule has 0 saturated carbocycles. The number of thiophene rings is 1. The summed E-state index contributed by atoms with van der Waals surface area (Å²) in [7, 11) is 0. The van der Waals surface area contributed by atoms with Crippen LogP contribution in [0, 0.1) is 0 Å². The van der Waals surface area contributed by atoms with Crippen LogP contribution in [-0.4, -0.2) is 21.2 Å². The van der Waals surface area contributed by atoms with Crippen LogP contribution >= 0.6 is 46.3 Å². The molecule has 0 aliphatic heterocycles. The fraction of sp³-hybridized carbons (Fsp3) is 0.211. The van der Waals surface area contributed by atoms with E-state index >= 15 is 0 Å². The van der Waals surface area contributed by atoms with Gasteiger partial charge >= 0.3 is 0 Å². The Morgan fingerprint density at radius 2 is 2.21 bits per heavy atom. The lowest BCUT2D eigenvalue weighted by molar-refractivity contribution is -0.119. The van der Waals surface area contributed by atoms with Crippen molar-refractivity contribution in [3.8, 4) is 0 Å². The number of thioether (sulfide) groups is 1. The number of halogens is 2. The molecule has 1 atom stereocenters. The van der Waals surface area contributed by atoms with Crippen molar-refractivity contribution >= 4 is 62.4 Å². The Kier molecular flexibility index (Phi) is 6.82. The zero-order valence-electron chi connectivity index (χ0n) is 14.9. The van der Waals surface area contributed by atoms with Crippen LogP contribution in [0.2, 0.25) is 10.0 Å². The number of aromatic nitrogens is 2. The molecule has 1 amide bonds. The van der Waals surface area contributed by atoms with Crippen LogP contribution in [0.5, 0.6) is 0 Å². The van der Waals surface area contributed by atoms with Crippen LogP contribution in [0.3, 0.4) is 0 Å². The van der Waals surface area contributed by atoms with Crippen molar-refractivity contribution in [3.63, 3.8) is 0 Å². The SMILES string of the molecule is C=CCn1c(SCC(=O)NC(C)c2ccc(Cl)cc2Cl)nc2sccc2c1=O. The standard InChI is InChI=1S/C19H17Cl2N3O2S2/c1-3-7-24-18(26)14-6-8-27-17(14)23-19(24)28-10-16(25)22-11(2)13-5-4-12(20)9-15(13)21/h3-6,8-9,11H,1,7,10H2,2H3,(H,22,25). The second-order valence-electron chi connectivity index (χ2n) is 5.98. The lowest BCUT2D eigenvalue weighted by Crippen LogP contribution is -2.29. The molecule has 1 unspecified atom stereocenters. The number of hydrogen-bond donors (Lipinski definition) is 1. The van der Waals surface area contributed by atoms with Crippen molar-refractivity contribution in [2.75, 3.05) is 5.75 Å². The summed E-state index contributed by atoms with van der Waals surface area (Å²) in [5.74, 6) is -0.0649. The van der Waals surface area contributed by atoms with E-state index in [0.29, 0.717) is 32.0 Å². The van der Waals surface area contributed by atoms with E-state index in [1.165, 1.54) is 27.7 Å². The molecule has 0 aliphatic carbocycles. The first-order chi connectivity index (χ1) is 13.4. The Morgan fingerprint density at radius 3 is 2.93 bits per heavy atom. The molecule has 0 spiro atoms. The Balaban J connectivity index is 1.72. The molecule has 0 radical (unpaired) electrons. The highest BCUT2D eigenvalue weighted by molar-refractivity contribution is 7.99. The molecular formula is C19H17Cl2N3O2S2. The van der Waals surface area contributed by atoms with Crippen molar-refractivity contribution in [2.45, 2.75) is 24.7 Å². The molecule has 2 heterocycles. The molecule has 0 aliphatic rings. The number of carbonyl (C=O) groups is 1. The molecule has 9 heteroatoms. The van der Waals surface area contributed by atoms with Crippen LogP contribution in [0.15, 0.2) is 52.3 Å². The number of hydrogen-bond acceptors (Lipinski definition) is 5. The smallest absolute Gasteiger partial charge is 0.263 e. The molecule has 1 N–H and O–H groups in total. The molecule has 3 aromatic rings. The number of allylic oxidation sites excluding steroid dienone is 1. The van der Waals surface area contributed by atoms with Gasteiger partial charge in [0.05, 0.1) is 17.2 Å². The maximum absolute atomic E-state index is 12.6. The summed E-state index contributed by atoms with van der Waals surface area (Å²) in [6.07, 6.45) is 1.63. The fourth-order valence-electron chi connectivity index (χ4n) is 2.67. The average Bonchev–Trinajstić information content (AvgIpc) is 3.11. The van der Waals surface area contributed by atoms with E-state index in [1.807, 2.05) is 12.3 Å². The molecular weight excluding hydrogens is 437 g/mol. The van der Waals surface area contributed by atoms with Crippen LogP contribution in [0.25, 0.3) is 10.2 Å². The maximum Gasteiger partial charge on any atom is 0.263 e. The molecule has 2 aromatic heterocycles. The van der Waals surface area contributed by atoms with Gasteiger partial charge in [-0.25, -0.2) is 4.98 Å². The summed E-state index contributed by atoms with van der Waals surface area (Å²) >= 11 is 14.7. The van der Waals surface area contributed by atoms with E-state index in [1.54, 1.807) is 30.3 Å². The quantitative estimate of drug-likeness (QED) is 0.313. The van der Waals surface area contributed by atoms with Gasteiger partial charge in [-0.3, -0.25) is 14.2 Å². The highest BCUT2D eigenvalue weighted by atomic mass is 35.5. The van der Waals surface area contributed by atoms with Gasteiger partial charge in [0.25, 0.3) is 5.56 Å². The number of carbonyl (C=O) groups excluding carboxylic acids is 1. The van der Waals surface area contributed by atoms with E-state index in [0.717, 1.165) is 5.56 Å². The van der Waals surface area contributed by atoms with Gasteiger partial charge in [0, 0.05) is 16.6 Å². The van der Waals surface area contributed by atoms with E-state index in [4.69, 9.17) is 23.2 Å². The molecule has 0 fully saturated rings. The Morgan fingerprint density at radius 1 is 1.43 bits per heavy atom. The third kappa shape index (κ3) is 4.60. The average molecular weight is 454 g/mol. The third-order valence-corrected chi connectivity index (χ3v) is 6.34. The number of nitrogens with one attached hydrogen (secondary N) is 1. The highest BCUT2D eigenvalue weighted by Crippen LogP contribution is 2.26. The minimum Gasteiger partial charge on any atom is -0.349 e. The largest absolute Gasteiger partial charge is 0.349 e. The van der Waals surface area contributed by atoms with Crippen LogP contribution in [0.1, 0.15) is 18.5 Å². The van der Waals surface area contributed by atoms with E-state index in [2.05, 4.69) is 16.9 Å². The zero-order valence-corrected chi connectivity index (χ0v) is 18.1. The second kappa shape index (κ2) is 9.13. The van der Waals surface area contributed by atoms with Crippen molar-refractivity contribution in [2.24, 2.45) is 0 Å². The molecule has 0 saturated heterocycles. The van der Waals surface area contributed by atoms with Gasteiger partial charge in [0.1, 0.15) is 4.83 Å². The highest BCUT2D eigenvalue weighted by Gasteiger charge is 2.16. The molecule has 1 aromatic carbocycles. The Bertz CT molecular complexity index is 1090. The second-order valence-corrected chi connectivity index (χ2v) is 8.66. The summed E-state index contributed by atoms with van der Waals surface area (Å²) in [5.41, 5.74) is 0.654. The number of amides is 1. The van der Waals surface area contributed by atoms with E-state index < -0.39 is 0 Å². The van der Waals surface area contributed by atoms with E-state index in [9.17, 15) is 9.59 Å². The lowest BCUT2D eigenvalue weighted by Gasteiger charge is -2.16. The molecule has 3 rings (SSSR count). The fourth-order valence-corrected chi connectivity index (χ4v) is 4.87. The first kappa shape index (κ1) is 20.9. The number of rotatable bonds is 7. The minimum atomic E-state index is -0.277. The van der Waals surface area contributed by atoms with Crippen molar-refractivity contribution in [3.05, 3.63) is 68.3 Å². The monoisotopic (exact) mass is 453 g/mol. The first-order valence-corrected chi connectivity index (χ1v) is 11.0. The van der Waals surface area contributed by atoms with Gasteiger partial charge in [-0.05, 0) is 36.1 Å². The number of fused-ring (bicyclic) bond motifs is 1. The van der Waals surface area contributed by atoms with Crippen LogP contribution < -0.4 is 10.9 Å². The van der Waals surface area contributed by atoms with Gasteiger partial charge in [0.2, 0.25) is 5.91 Å². The Hall–Kier alpha value is -1.80. The first-order valence-electron chi connectivity index (χ1n) is 8.36. The summed E-state index contributed by atoms with van der Waals surface area (Å²) in [6.45, 7) is 5.87. The molecule has 28 heavy (non-hydrogen) atoms. The van der Waals surface area contributed by atoms with Gasteiger partial charge in [0.15, 0.2) is 5.16 Å². The maximum atomic E-state index is 12.6. The lowest BCUT2D eigenvalue weighted by atomic mass is 10.1. The third-order valence-electron chi connectivity index (χ3n) is 4.00. The Labute approximate surface area is 180 Å². The van der Waals surface area contributed by atoms with Crippen molar-refractivity contribution in [1.29, 1.82) is 0 Å². The molecule has 146 valence electrons. The topological polar surface area (TPSA) is 64.0 Å². The number of nitrogens with zero attached hydrogens (tertiary/aromatic N) is 2. The summed E-state index contributed by atoms with van der Waals surface area (Å²) in [5, 5.41) is 6.84. The summed E-state index contributed by atoms with van der Waals surface area (Å²) < 4.78 is 1.53. The molecule has 5 nitrogen and oxygen atoms in total. The predicted octanol–water partition coefficient (Wildman–Crippen LogP) is 4.92. The van der Waals surface area contributed by atoms with Gasteiger partial charge in [-0.2, -0.15) is 0 Å². The van der Waals surface area contributed by atoms with Crippen molar-refractivity contribution < 1.29 is 4.79 Å².